The minimum atomic E-state index is -2.00. The van der Waals surface area contributed by atoms with Crippen LogP contribution in [0.4, 0.5) is 0 Å². The lowest BCUT2D eigenvalue weighted by molar-refractivity contribution is 0.107. The second kappa shape index (κ2) is 7.73. The standard InChI is InChI=1S/C17H26O4P/c1-12(10-17(2,3)4)11-22(19)16(18)15-13(20-5)8-7-9-14(15)21-6/h7-9,12H,10-11H2,1-6H3. The number of hydrogen-bond acceptors (Lipinski definition) is 4. The summed E-state index contributed by atoms with van der Waals surface area (Å²) in [5, 5.41) is 0. The molecule has 5 heteroatoms. The summed E-state index contributed by atoms with van der Waals surface area (Å²) in [7, 11) is 0.971. The summed E-state index contributed by atoms with van der Waals surface area (Å²) in [5.41, 5.74) is 0.0300. The number of hydrogen-bond donors (Lipinski definition) is 0. The van der Waals surface area contributed by atoms with Gasteiger partial charge in [-0.25, -0.2) is 0 Å². The van der Waals surface area contributed by atoms with E-state index in [1.807, 2.05) is 6.92 Å². The van der Waals surface area contributed by atoms with Crippen molar-refractivity contribution in [3.05, 3.63) is 23.8 Å². The maximum atomic E-state index is 12.6. The van der Waals surface area contributed by atoms with E-state index in [1.54, 1.807) is 18.2 Å². The summed E-state index contributed by atoms with van der Waals surface area (Å²) in [6.45, 7) is 8.45. The topological polar surface area (TPSA) is 52.6 Å². The Morgan fingerprint density at radius 1 is 1.18 bits per heavy atom. The van der Waals surface area contributed by atoms with Crippen LogP contribution in [0.1, 0.15) is 44.5 Å². The zero-order valence-electron chi connectivity index (χ0n) is 14.3. The molecular formula is C17H26O4P. The Kier molecular flexibility index (Phi) is 6.55. The summed E-state index contributed by atoms with van der Waals surface area (Å²) in [4.78, 5) is 12.6. The molecule has 0 heterocycles. The molecule has 0 aromatic heterocycles. The molecule has 2 atom stereocenters. The van der Waals surface area contributed by atoms with E-state index in [2.05, 4.69) is 20.8 Å². The van der Waals surface area contributed by atoms with Crippen molar-refractivity contribution < 1.29 is 18.8 Å². The van der Waals surface area contributed by atoms with Crippen molar-refractivity contribution in [3.8, 4) is 11.5 Å². The van der Waals surface area contributed by atoms with E-state index in [-0.39, 0.29) is 16.9 Å². The number of benzene rings is 1. The molecule has 0 bridgehead atoms. The van der Waals surface area contributed by atoms with Gasteiger partial charge in [-0.05, 0) is 29.9 Å². The SMILES string of the molecule is COc1cccc(OC)c1C(=O)[P](=O)CC(C)CC(C)(C)C. The van der Waals surface area contributed by atoms with Crippen LogP contribution in [-0.2, 0) is 4.57 Å². The normalized spacial score (nSPS) is 13.5. The molecule has 0 fully saturated rings. The zero-order valence-corrected chi connectivity index (χ0v) is 15.2. The lowest BCUT2D eigenvalue weighted by atomic mass is 9.86. The van der Waals surface area contributed by atoms with Crippen LogP contribution in [0.15, 0.2) is 18.2 Å². The third-order valence-corrected chi connectivity index (χ3v) is 4.94. The van der Waals surface area contributed by atoms with E-state index >= 15 is 0 Å². The highest BCUT2D eigenvalue weighted by Crippen LogP contribution is 2.39. The molecule has 0 aliphatic carbocycles. The number of ether oxygens (including phenoxy) is 2. The highest BCUT2D eigenvalue weighted by Gasteiger charge is 2.26. The van der Waals surface area contributed by atoms with Crippen LogP contribution >= 0.6 is 7.80 Å². The van der Waals surface area contributed by atoms with Gasteiger partial charge in [0.25, 0.3) is 0 Å². The molecule has 0 aliphatic rings. The van der Waals surface area contributed by atoms with Crippen molar-refractivity contribution in [1.29, 1.82) is 0 Å². The molecule has 1 radical (unpaired) electrons. The van der Waals surface area contributed by atoms with Gasteiger partial charge in [0.1, 0.15) is 24.9 Å². The van der Waals surface area contributed by atoms with E-state index in [4.69, 9.17) is 9.47 Å². The highest BCUT2D eigenvalue weighted by molar-refractivity contribution is 7.64. The van der Waals surface area contributed by atoms with Crippen LogP contribution < -0.4 is 9.47 Å². The first-order chi connectivity index (χ1) is 10.2. The quantitative estimate of drug-likeness (QED) is 0.679. The van der Waals surface area contributed by atoms with Crippen molar-refractivity contribution in [2.45, 2.75) is 34.1 Å². The van der Waals surface area contributed by atoms with Crippen molar-refractivity contribution >= 4 is 13.3 Å². The van der Waals surface area contributed by atoms with Gasteiger partial charge in [0, 0.05) is 6.16 Å². The molecule has 0 N–H and O–H groups in total. The van der Waals surface area contributed by atoms with Gasteiger partial charge in [0.2, 0.25) is 5.52 Å². The van der Waals surface area contributed by atoms with Gasteiger partial charge in [-0.1, -0.05) is 33.8 Å². The van der Waals surface area contributed by atoms with Crippen LogP contribution in [0.3, 0.4) is 0 Å². The number of rotatable bonds is 7. The number of carbonyl (C=O) groups is 1. The molecule has 1 aromatic rings. The van der Waals surface area contributed by atoms with Crippen LogP contribution in [0.2, 0.25) is 0 Å². The Morgan fingerprint density at radius 2 is 1.68 bits per heavy atom. The molecule has 1 aromatic carbocycles. The molecule has 22 heavy (non-hydrogen) atoms. The Hall–Kier alpha value is -1.41. The van der Waals surface area contributed by atoms with Crippen molar-refractivity contribution in [2.24, 2.45) is 11.3 Å². The second-order valence-corrected chi connectivity index (χ2v) is 8.30. The molecule has 1 rings (SSSR count). The van der Waals surface area contributed by atoms with Crippen molar-refractivity contribution in [1.82, 2.24) is 0 Å². The monoisotopic (exact) mass is 325 g/mol. The fraction of sp³-hybridized carbons (Fsp3) is 0.588. The Labute approximate surface area is 134 Å². The lowest BCUT2D eigenvalue weighted by Gasteiger charge is -2.22. The molecule has 123 valence electrons. The Balaban J connectivity index is 2.94. The van der Waals surface area contributed by atoms with E-state index in [9.17, 15) is 9.36 Å². The third kappa shape index (κ3) is 5.10. The first kappa shape index (κ1) is 18.6. The second-order valence-electron chi connectivity index (χ2n) is 6.77. The van der Waals surface area contributed by atoms with Crippen LogP contribution in [0, 0.1) is 11.3 Å². The van der Waals surface area contributed by atoms with Crippen molar-refractivity contribution in [2.75, 3.05) is 20.4 Å². The average molecular weight is 325 g/mol. The van der Waals surface area contributed by atoms with Gasteiger partial charge in [-0.2, -0.15) is 0 Å². The largest absolute Gasteiger partial charge is 0.496 e. The lowest BCUT2D eigenvalue weighted by Crippen LogP contribution is -2.13. The third-order valence-electron chi connectivity index (χ3n) is 3.31. The van der Waals surface area contributed by atoms with Crippen LogP contribution in [0.25, 0.3) is 0 Å². The van der Waals surface area contributed by atoms with E-state index in [0.29, 0.717) is 17.7 Å². The Morgan fingerprint density at radius 3 is 2.09 bits per heavy atom. The van der Waals surface area contributed by atoms with E-state index in [0.717, 1.165) is 6.42 Å². The van der Waals surface area contributed by atoms with E-state index < -0.39 is 13.3 Å². The molecule has 0 amide bonds. The summed E-state index contributed by atoms with van der Waals surface area (Å²) < 4.78 is 22.9. The summed E-state index contributed by atoms with van der Waals surface area (Å²) in [5.74, 6) is 1.01. The minimum Gasteiger partial charge on any atom is -0.496 e. The predicted molar refractivity (Wildman–Crippen MR) is 89.6 cm³/mol. The molecule has 2 unspecified atom stereocenters. The fourth-order valence-corrected chi connectivity index (χ4v) is 3.99. The zero-order chi connectivity index (χ0) is 16.9. The molecular weight excluding hydrogens is 299 g/mol. The van der Waals surface area contributed by atoms with E-state index in [1.165, 1.54) is 14.2 Å². The molecule has 0 spiro atoms. The summed E-state index contributed by atoms with van der Waals surface area (Å²) in [6, 6.07) is 5.10. The van der Waals surface area contributed by atoms with Crippen LogP contribution in [-0.4, -0.2) is 25.9 Å². The number of methoxy groups -OCH3 is 2. The highest BCUT2D eigenvalue weighted by atomic mass is 31.1. The van der Waals surface area contributed by atoms with Crippen LogP contribution in [0.5, 0.6) is 11.5 Å². The fourth-order valence-electron chi connectivity index (χ4n) is 2.66. The minimum absolute atomic E-state index is 0.154. The number of carbonyl (C=O) groups excluding carboxylic acids is 1. The van der Waals surface area contributed by atoms with Gasteiger partial charge in [0.15, 0.2) is 0 Å². The van der Waals surface area contributed by atoms with Gasteiger partial charge < -0.3 is 9.47 Å². The summed E-state index contributed by atoms with van der Waals surface area (Å²) >= 11 is 0. The average Bonchev–Trinajstić information content (AvgIpc) is 2.43. The Bertz CT molecular complexity index is 524. The van der Waals surface area contributed by atoms with Gasteiger partial charge >= 0.3 is 0 Å². The molecule has 4 nitrogen and oxygen atoms in total. The first-order valence-electron chi connectivity index (χ1n) is 7.39. The van der Waals surface area contributed by atoms with Gasteiger partial charge in [0.05, 0.1) is 14.2 Å². The molecule has 0 saturated carbocycles. The predicted octanol–water partition coefficient (Wildman–Crippen LogP) is 4.74. The maximum Gasteiger partial charge on any atom is 0.249 e. The summed E-state index contributed by atoms with van der Waals surface area (Å²) in [6.07, 6.45) is 1.30. The van der Waals surface area contributed by atoms with Gasteiger partial charge in [-0.3, -0.25) is 9.36 Å². The van der Waals surface area contributed by atoms with Crippen molar-refractivity contribution in [3.63, 3.8) is 0 Å². The maximum absolute atomic E-state index is 12.6. The van der Waals surface area contributed by atoms with Gasteiger partial charge in [-0.15, -0.1) is 0 Å². The molecule has 0 saturated heterocycles. The smallest absolute Gasteiger partial charge is 0.249 e. The first-order valence-corrected chi connectivity index (χ1v) is 8.84. The molecule has 0 aliphatic heterocycles.